The van der Waals surface area contributed by atoms with Crippen molar-refractivity contribution in [3.05, 3.63) is 36.7 Å². The molecule has 0 aliphatic carbocycles. The van der Waals surface area contributed by atoms with Gasteiger partial charge in [0.2, 0.25) is 0 Å². The highest BCUT2D eigenvalue weighted by atomic mass is 14.8. The molecule has 58 valence electrons. The minimum atomic E-state index is 0.789. The number of aromatic nitrogens is 1. The van der Waals surface area contributed by atoms with Gasteiger partial charge < -0.3 is 5.32 Å². The maximum absolute atomic E-state index is 4.16. The summed E-state index contributed by atoms with van der Waals surface area (Å²) >= 11 is 0. The lowest BCUT2D eigenvalue weighted by Gasteiger charge is -2.01. The molecule has 1 aromatic rings. The van der Waals surface area contributed by atoms with Crippen molar-refractivity contribution in [2.24, 2.45) is 0 Å². The summed E-state index contributed by atoms with van der Waals surface area (Å²) in [5.41, 5.74) is 1.98. The maximum Gasteiger partial charge on any atom is 0.0668 e. The van der Waals surface area contributed by atoms with Crippen molar-refractivity contribution in [2.45, 2.75) is 0 Å². The number of rotatable bonds is 3. The number of hydrogen-bond acceptors (Lipinski definition) is 2. The van der Waals surface area contributed by atoms with Gasteiger partial charge in [-0.25, -0.2) is 0 Å². The Morgan fingerprint density at radius 3 is 3.00 bits per heavy atom. The largest absolute Gasteiger partial charge is 0.316 e. The Kier molecular flexibility index (Phi) is 2.81. The average molecular weight is 148 g/mol. The van der Waals surface area contributed by atoms with E-state index < -0.39 is 0 Å². The van der Waals surface area contributed by atoms with E-state index in [0.29, 0.717) is 0 Å². The highest BCUT2D eigenvalue weighted by molar-refractivity contribution is 5.61. The predicted molar refractivity (Wildman–Crippen MR) is 47.2 cm³/mol. The van der Waals surface area contributed by atoms with Crippen molar-refractivity contribution >= 4 is 5.57 Å². The van der Waals surface area contributed by atoms with Crippen LogP contribution in [0, 0.1) is 0 Å². The highest BCUT2D eigenvalue weighted by Gasteiger charge is 1.95. The van der Waals surface area contributed by atoms with Crippen molar-refractivity contribution in [2.75, 3.05) is 13.6 Å². The van der Waals surface area contributed by atoms with Gasteiger partial charge in [0.25, 0.3) is 0 Å². The maximum atomic E-state index is 4.16. The van der Waals surface area contributed by atoms with Gasteiger partial charge in [0.05, 0.1) is 5.69 Å². The summed E-state index contributed by atoms with van der Waals surface area (Å²) in [5, 5.41) is 3.03. The van der Waals surface area contributed by atoms with E-state index in [1.54, 1.807) is 6.20 Å². The molecule has 1 heterocycles. The zero-order valence-corrected chi connectivity index (χ0v) is 6.67. The minimum absolute atomic E-state index is 0.789. The Morgan fingerprint density at radius 1 is 1.64 bits per heavy atom. The zero-order valence-electron chi connectivity index (χ0n) is 6.67. The number of nitrogens with one attached hydrogen (secondary N) is 1. The first-order valence-electron chi connectivity index (χ1n) is 3.58. The number of pyridine rings is 1. The Bertz CT molecular complexity index is 229. The van der Waals surface area contributed by atoms with Crippen LogP contribution in [0.25, 0.3) is 5.57 Å². The molecule has 0 amide bonds. The van der Waals surface area contributed by atoms with Gasteiger partial charge in [0, 0.05) is 12.7 Å². The van der Waals surface area contributed by atoms with Gasteiger partial charge in [-0.2, -0.15) is 0 Å². The third-order valence-electron chi connectivity index (χ3n) is 1.42. The van der Waals surface area contributed by atoms with Gasteiger partial charge >= 0.3 is 0 Å². The molecule has 0 unspecified atom stereocenters. The second-order valence-electron chi connectivity index (χ2n) is 2.35. The smallest absolute Gasteiger partial charge is 0.0668 e. The van der Waals surface area contributed by atoms with E-state index >= 15 is 0 Å². The van der Waals surface area contributed by atoms with Crippen molar-refractivity contribution in [1.82, 2.24) is 10.3 Å². The van der Waals surface area contributed by atoms with Gasteiger partial charge in [-0.15, -0.1) is 0 Å². The fraction of sp³-hybridized carbons (Fsp3) is 0.222. The molecule has 1 N–H and O–H groups in total. The van der Waals surface area contributed by atoms with Crippen LogP contribution in [0.1, 0.15) is 5.69 Å². The van der Waals surface area contributed by atoms with Crippen LogP contribution in [0.5, 0.6) is 0 Å². The van der Waals surface area contributed by atoms with Crippen LogP contribution in [0.3, 0.4) is 0 Å². The summed E-state index contributed by atoms with van der Waals surface area (Å²) in [4.78, 5) is 4.16. The lowest BCUT2D eigenvalue weighted by Crippen LogP contribution is -2.09. The van der Waals surface area contributed by atoms with Crippen molar-refractivity contribution in [1.29, 1.82) is 0 Å². The molecule has 2 heteroatoms. The first-order chi connectivity index (χ1) is 5.34. The third kappa shape index (κ3) is 2.16. The molecule has 0 aliphatic rings. The van der Waals surface area contributed by atoms with Crippen LogP contribution < -0.4 is 5.32 Å². The van der Waals surface area contributed by atoms with Gasteiger partial charge in [0.1, 0.15) is 0 Å². The van der Waals surface area contributed by atoms with Crippen LogP contribution in [-0.4, -0.2) is 18.6 Å². The summed E-state index contributed by atoms with van der Waals surface area (Å²) in [7, 11) is 1.90. The van der Waals surface area contributed by atoms with E-state index in [4.69, 9.17) is 0 Å². The summed E-state index contributed by atoms with van der Waals surface area (Å²) in [6, 6.07) is 5.82. The fourth-order valence-corrected chi connectivity index (χ4v) is 0.876. The molecule has 1 rings (SSSR count). The van der Waals surface area contributed by atoms with E-state index in [1.165, 1.54) is 0 Å². The van der Waals surface area contributed by atoms with Crippen LogP contribution >= 0.6 is 0 Å². The van der Waals surface area contributed by atoms with Gasteiger partial charge in [-0.3, -0.25) is 4.98 Å². The number of hydrogen-bond donors (Lipinski definition) is 1. The predicted octanol–water partition coefficient (Wildman–Crippen LogP) is 1.31. The van der Waals surface area contributed by atoms with E-state index in [-0.39, 0.29) is 0 Å². The molecule has 0 aliphatic heterocycles. The molecule has 11 heavy (non-hydrogen) atoms. The molecule has 2 nitrogen and oxygen atoms in total. The van der Waals surface area contributed by atoms with Gasteiger partial charge in [-0.05, 0) is 24.8 Å². The summed E-state index contributed by atoms with van der Waals surface area (Å²) in [6.07, 6.45) is 1.77. The van der Waals surface area contributed by atoms with Crippen molar-refractivity contribution in [3.63, 3.8) is 0 Å². The second kappa shape index (κ2) is 3.88. The first-order valence-corrected chi connectivity index (χ1v) is 3.58. The number of likely N-dealkylation sites (N-methyl/N-ethyl adjacent to an activating group) is 1. The first kappa shape index (κ1) is 7.95. The second-order valence-corrected chi connectivity index (χ2v) is 2.35. The molecule has 0 bridgehead atoms. The summed E-state index contributed by atoms with van der Waals surface area (Å²) < 4.78 is 0. The van der Waals surface area contributed by atoms with Gasteiger partial charge in [0.15, 0.2) is 0 Å². The Morgan fingerprint density at radius 2 is 2.45 bits per heavy atom. The highest BCUT2D eigenvalue weighted by Crippen LogP contribution is 2.05. The van der Waals surface area contributed by atoms with E-state index in [9.17, 15) is 0 Å². The quantitative estimate of drug-likeness (QED) is 0.699. The van der Waals surface area contributed by atoms with E-state index in [2.05, 4.69) is 16.9 Å². The molecule has 0 atom stereocenters. The molecule has 0 radical (unpaired) electrons. The molecular weight excluding hydrogens is 136 g/mol. The fourth-order valence-electron chi connectivity index (χ4n) is 0.876. The van der Waals surface area contributed by atoms with Crippen LogP contribution in [0.2, 0.25) is 0 Å². The molecule has 0 saturated carbocycles. The molecule has 0 fully saturated rings. The molecule has 0 aromatic carbocycles. The number of nitrogens with zero attached hydrogens (tertiary/aromatic N) is 1. The Balaban J connectivity index is 2.69. The molecular formula is C9H12N2. The zero-order chi connectivity index (χ0) is 8.10. The third-order valence-corrected chi connectivity index (χ3v) is 1.42. The van der Waals surface area contributed by atoms with E-state index in [1.807, 2.05) is 25.2 Å². The average Bonchev–Trinajstić information content (AvgIpc) is 2.07. The normalized spacial score (nSPS) is 9.55. The Labute approximate surface area is 67.0 Å². The minimum Gasteiger partial charge on any atom is -0.316 e. The molecule has 1 aromatic heterocycles. The molecule has 0 spiro atoms. The van der Waals surface area contributed by atoms with Crippen LogP contribution in [-0.2, 0) is 0 Å². The lowest BCUT2D eigenvalue weighted by atomic mass is 10.2. The van der Waals surface area contributed by atoms with Gasteiger partial charge in [-0.1, -0.05) is 12.6 Å². The van der Waals surface area contributed by atoms with E-state index in [0.717, 1.165) is 17.8 Å². The summed E-state index contributed by atoms with van der Waals surface area (Å²) in [5.74, 6) is 0. The monoisotopic (exact) mass is 148 g/mol. The molecule has 0 saturated heterocycles. The topological polar surface area (TPSA) is 24.9 Å². The SMILES string of the molecule is C=C(CNC)c1ccccn1. The van der Waals surface area contributed by atoms with Crippen LogP contribution in [0.15, 0.2) is 31.0 Å². The Hall–Kier alpha value is -1.15. The van der Waals surface area contributed by atoms with Crippen molar-refractivity contribution in [3.8, 4) is 0 Å². The van der Waals surface area contributed by atoms with Crippen molar-refractivity contribution < 1.29 is 0 Å². The standard InChI is InChI=1S/C9H12N2/c1-8(7-10-2)9-5-3-4-6-11-9/h3-6,10H,1,7H2,2H3. The van der Waals surface area contributed by atoms with Crippen LogP contribution in [0.4, 0.5) is 0 Å². The summed E-state index contributed by atoms with van der Waals surface area (Å²) in [6.45, 7) is 4.68. The lowest BCUT2D eigenvalue weighted by molar-refractivity contribution is 0.928.